The van der Waals surface area contributed by atoms with Crippen LogP contribution in [-0.2, 0) is 9.47 Å². The number of nitrogens with one attached hydrogen (secondary N) is 1. The summed E-state index contributed by atoms with van der Waals surface area (Å²) < 4.78 is 0. The van der Waals surface area contributed by atoms with E-state index in [0.717, 1.165) is 22.2 Å². The van der Waals surface area contributed by atoms with Gasteiger partial charge in [-0.3, -0.25) is 4.79 Å². The van der Waals surface area contributed by atoms with Crippen molar-refractivity contribution in [1.82, 2.24) is 4.98 Å². The van der Waals surface area contributed by atoms with Gasteiger partial charge in [-0.15, -0.1) is 0 Å². The van der Waals surface area contributed by atoms with Gasteiger partial charge in [-0.1, -0.05) is 0 Å². The Labute approximate surface area is 129 Å². The molecule has 17 heavy (non-hydrogen) atoms. The Kier molecular flexibility index (Phi) is 6.32. The number of halogens is 2. The van der Waals surface area contributed by atoms with Crippen LogP contribution in [0.3, 0.4) is 0 Å². The van der Waals surface area contributed by atoms with Crippen LogP contribution in [0.15, 0.2) is 23.0 Å². The Morgan fingerprint density at radius 1 is 1.18 bits per heavy atom. The maximum atomic E-state index is 11.3. The number of aromatic amines is 1. The number of anilines is 1. The maximum absolute atomic E-state index is 11.3. The molecule has 0 bridgehead atoms. The average Bonchev–Trinajstić information content (AvgIpc) is 2.24. The zero-order valence-corrected chi connectivity index (χ0v) is 15.1. The van der Waals surface area contributed by atoms with Crippen molar-refractivity contribution < 1.29 is 9.47 Å². The molecule has 2 rings (SSSR count). The van der Waals surface area contributed by atoms with Crippen molar-refractivity contribution in [3.63, 3.8) is 0 Å². The number of nitrogens with two attached hydrogens (primary N) is 1. The van der Waals surface area contributed by atoms with Gasteiger partial charge in [0.05, 0.1) is 0 Å². The van der Waals surface area contributed by atoms with Crippen molar-refractivity contribution in [2.24, 2.45) is 0 Å². The molecule has 0 spiro atoms. The van der Waals surface area contributed by atoms with Crippen LogP contribution in [-0.4, -0.2) is 4.98 Å². The summed E-state index contributed by atoms with van der Waals surface area (Å²) in [6.45, 7) is 3.71. The second-order valence-corrected chi connectivity index (χ2v) is 15.4. The summed E-state index contributed by atoms with van der Waals surface area (Å²) in [5, 5.41) is 0.977. The summed E-state index contributed by atoms with van der Waals surface area (Å²) in [5.74, 6) is 0. The van der Waals surface area contributed by atoms with Crippen molar-refractivity contribution in [2.75, 3.05) is 5.73 Å². The molecule has 3 nitrogen and oxygen atoms in total. The van der Waals surface area contributed by atoms with E-state index in [0.29, 0.717) is 15.0 Å². The third-order valence-corrected chi connectivity index (χ3v) is 2.42. The molecule has 91 valence electrons. The van der Waals surface area contributed by atoms with Crippen LogP contribution in [0.25, 0.3) is 10.9 Å². The number of hydrogen-bond donors (Lipinski definition) is 2. The minimum atomic E-state index is -0.0401. The zero-order valence-electron chi connectivity index (χ0n) is 9.42. The molecular formula is C11H12I2N2OV. The third-order valence-electron chi connectivity index (χ3n) is 2.42. The van der Waals surface area contributed by atoms with Crippen molar-refractivity contribution in [3.8, 4) is 0 Å². The molecule has 0 aliphatic carbocycles. The molecule has 2 aromatic rings. The van der Waals surface area contributed by atoms with E-state index in [1.165, 1.54) is 0 Å². The summed E-state index contributed by atoms with van der Waals surface area (Å²) in [6, 6.07) is 5.63. The molecule has 1 heterocycles. The van der Waals surface area contributed by atoms with Crippen LogP contribution >= 0.6 is 40.0 Å². The molecule has 0 aliphatic heterocycles. The van der Waals surface area contributed by atoms with Crippen LogP contribution < -0.4 is 11.3 Å². The fourth-order valence-corrected chi connectivity index (χ4v) is 1.49. The molecular weight excluding hydrogens is 481 g/mol. The van der Waals surface area contributed by atoms with Crippen LogP contribution in [0, 0.1) is 13.8 Å². The summed E-state index contributed by atoms with van der Waals surface area (Å²) in [5.41, 5.74) is 9.03. The number of aromatic nitrogens is 1. The van der Waals surface area contributed by atoms with E-state index in [4.69, 9.17) is 5.73 Å². The molecule has 0 fully saturated rings. The first-order valence-electron chi connectivity index (χ1n) is 4.81. The van der Waals surface area contributed by atoms with Crippen LogP contribution in [0.5, 0.6) is 0 Å². The fourth-order valence-electron chi connectivity index (χ4n) is 1.49. The predicted octanol–water partition coefficient (Wildman–Crippen LogP) is 3.50. The topological polar surface area (TPSA) is 58.9 Å². The number of fused-ring (bicyclic) bond motifs is 1. The average molecular weight is 493 g/mol. The molecule has 0 saturated carbocycles. The number of aryl methyl sites for hydroxylation is 2. The molecule has 0 saturated heterocycles. The Balaban J connectivity index is 0.000000437. The Morgan fingerprint density at radius 3 is 2.35 bits per heavy atom. The molecule has 3 N–H and O–H groups in total. The van der Waals surface area contributed by atoms with E-state index in [-0.39, 0.29) is 5.56 Å². The zero-order chi connectivity index (χ0) is 13.0. The standard InChI is InChI=1S/C11H12N2O.2HI.V/c1-6-4-10-8(5-9(6)12)3-7(2)11(14)13-10;;;/h3-5H,12H2,1-2H3,(H,13,14);2*1H;/q;;;+2/p-2. The number of benzene rings is 1. The molecule has 1 aromatic carbocycles. The SMILES string of the molecule is Cc1cc2[nH]c(=O)c(C)cc2cc1N.[I][V][I]. The molecule has 0 atom stereocenters. The third kappa shape index (κ3) is 4.15. The van der Waals surface area contributed by atoms with Crippen LogP contribution in [0.2, 0.25) is 0 Å². The van der Waals surface area contributed by atoms with Crippen molar-refractivity contribution >= 4 is 56.5 Å². The van der Waals surface area contributed by atoms with Crippen molar-refractivity contribution in [3.05, 3.63) is 39.7 Å². The number of rotatable bonds is 0. The van der Waals surface area contributed by atoms with Gasteiger partial charge in [0.15, 0.2) is 0 Å². The first-order chi connectivity index (χ1) is 7.99. The minimum absolute atomic E-state index is 0.0401. The summed E-state index contributed by atoms with van der Waals surface area (Å²) >= 11 is 4.74. The van der Waals surface area contributed by atoms with E-state index in [9.17, 15) is 4.79 Å². The van der Waals surface area contributed by atoms with Crippen molar-refractivity contribution in [2.45, 2.75) is 13.8 Å². The molecule has 1 aromatic heterocycles. The monoisotopic (exact) mass is 493 g/mol. The van der Waals surface area contributed by atoms with Gasteiger partial charge in [-0.25, -0.2) is 0 Å². The van der Waals surface area contributed by atoms with E-state index in [1.807, 2.05) is 25.1 Å². The van der Waals surface area contributed by atoms with E-state index in [2.05, 4.69) is 44.9 Å². The number of hydrogen-bond acceptors (Lipinski definition) is 2. The Bertz CT molecular complexity index is 583. The summed E-state index contributed by atoms with van der Waals surface area (Å²) in [7, 11) is 0.628. The summed E-state index contributed by atoms with van der Waals surface area (Å²) in [6.07, 6.45) is 0. The normalized spacial score (nSPS) is 9.65. The molecule has 0 unspecified atom stereocenters. The summed E-state index contributed by atoms with van der Waals surface area (Å²) in [4.78, 5) is 14.2. The quantitative estimate of drug-likeness (QED) is 0.437. The Morgan fingerprint density at radius 2 is 1.76 bits per heavy atom. The van der Waals surface area contributed by atoms with Gasteiger partial charge in [0.25, 0.3) is 5.56 Å². The molecule has 0 amide bonds. The van der Waals surface area contributed by atoms with E-state index in [1.54, 1.807) is 6.92 Å². The molecule has 6 heteroatoms. The second-order valence-electron chi connectivity index (χ2n) is 3.64. The number of H-pyrrole nitrogens is 1. The van der Waals surface area contributed by atoms with Crippen LogP contribution in [0.4, 0.5) is 5.69 Å². The first kappa shape index (κ1) is 15.3. The van der Waals surface area contributed by atoms with Gasteiger partial charge in [0, 0.05) is 22.2 Å². The fraction of sp³-hybridized carbons (Fsp3) is 0.182. The first-order valence-corrected chi connectivity index (χ1v) is 13.8. The van der Waals surface area contributed by atoms with E-state index >= 15 is 0 Å². The van der Waals surface area contributed by atoms with Crippen LogP contribution in [0.1, 0.15) is 11.1 Å². The predicted molar refractivity (Wildman–Crippen MR) is 86.5 cm³/mol. The van der Waals surface area contributed by atoms with Gasteiger partial charge < -0.3 is 10.7 Å². The number of nitrogen functional groups attached to an aromatic ring is 1. The van der Waals surface area contributed by atoms with Crippen molar-refractivity contribution in [1.29, 1.82) is 0 Å². The Hall–Kier alpha value is 0.274. The molecule has 0 aliphatic rings. The van der Waals surface area contributed by atoms with Gasteiger partial charge in [0.2, 0.25) is 0 Å². The van der Waals surface area contributed by atoms with Gasteiger partial charge >= 0.3 is 49.4 Å². The van der Waals surface area contributed by atoms with Gasteiger partial charge in [-0.05, 0) is 37.6 Å². The second kappa shape index (κ2) is 7.01. The van der Waals surface area contributed by atoms with Gasteiger partial charge in [0.1, 0.15) is 0 Å². The number of pyridine rings is 1. The van der Waals surface area contributed by atoms with Gasteiger partial charge in [-0.2, -0.15) is 0 Å². The van der Waals surface area contributed by atoms with E-state index < -0.39 is 0 Å². The molecule has 0 radical (unpaired) electrons.